The molecule has 1 atom stereocenters. The van der Waals surface area contributed by atoms with Crippen LogP contribution in [0, 0.1) is 0 Å². The Morgan fingerprint density at radius 2 is 0.470 bits per heavy atom. The Hall–Kier alpha value is -4.45. The van der Waals surface area contributed by atoms with Gasteiger partial charge in [-0.15, -0.1) is 0 Å². The molecule has 0 bridgehead atoms. The summed E-state index contributed by atoms with van der Waals surface area (Å²) in [6, 6.07) is 0. The van der Waals surface area contributed by atoms with Crippen molar-refractivity contribution in [3.8, 4) is 0 Å². The van der Waals surface area contributed by atoms with Gasteiger partial charge in [0, 0.05) is 19.3 Å². The lowest BCUT2D eigenvalue weighted by Crippen LogP contribution is -2.30. The molecule has 0 aliphatic heterocycles. The molecular formula is C77H128O6. The Bertz CT molecular complexity index is 1750. The molecule has 0 N–H and O–H groups in total. The van der Waals surface area contributed by atoms with E-state index in [2.05, 4.69) is 154 Å². The monoisotopic (exact) mass is 1150 g/mol. The second kappa shape index (κ2) is 70.0. The molecule has 0 saturated heterocycles. The Labute approximate surface area is 513 Å². The van der Waals surface area contributed by atoms with Crippen molar-refractivity contribution < 1.29 is 28.6 Å². The smallest absolute Gasteiger partial charge is 0.306 e. The van der Waals surface area contributed by atoms with E-state index in [1.165, 1.54) is 128 Å². The number of esters is 3. The topological polar surface area (TPSA) is 78.9 Å². The fourth-order valence-electron chi connectivity index (χ4n) is 9.49. The second-order valence-electron chi connectivity index (χ2n) is 22.7. The first-order valence-electron chi connectivity index (χ1n) is 34.7. The third-order valence-electron chi connectivity index (χ3n) is 14.6. The average molecular weight is 1150 g/mol. The molecule has 6 heteroatoms. The number of hydrogen-bond donors (Lipinski definition) is 0. The Kier molecular flexibility index (Phi) is 66.3. The van der Waals surface area contributed by atoms with Gasteiger partial charge in [-0.1, -0.05) is 296 Å². The maximum atomic E-state index is 13.0. The minimum atomic E-state index is -0.799. The summed E-state index contributed by atoms with van der Waals surface area (Å²) in [5, 5.41) is 0. The zero-order valence-corrected chi connectivity index (χ0v) is 54.2. The normalized spacial score (nSPS) is 13.0. The largest absolute Gasteiger partial charge is 0.462 e. The van der Waals surface area contributed by atoms with Crippen LogP contribution >= 0.6 is 0 Å². The predicted molar refractivity (Wildman–Crippen MR) is 362 cm³/mol. The first-order chi connectivity index (χ1) is 41.0. The molecule has 6 nitrogen and oxygen atoms in total. The summed E-state index contributed by atoms with van der Waals surface area (Å²) in [5.74, 6) is -0.915. The minimum absolute atomic E-state index is 0.0939. The molecule has 0 aromatic carbocycles. The van der Waals surface area contributed by atoms with Crippen molar-refractivity contribution in [2.24, 2.45) is 0 Å². The minimum Gasteiger partial charge on any atom is -0.462 e. The molecule has 0 radical (unpaired) electrons. The Balaban J connectivity index is 4.45. The predicted octanol–water partition coefficient (Wildman–Crippen LogP) is 24.1. The lowest BCUT2D eigenvalue weighted by molar-refractivity contribution is -0.167. The van der Waals surface area contributed by atoms with E-state index in [4.69, 9.17) is 14.2 Å². The molecule has 0 aromatic heterocycles. The van der Waals surface area contributed by atoms with Crippen LogP contribution < -0.4 is 0 Å². The van der Waals surface area contributed by atoms with Gasteiger partial charge >= 0.3 is 17.9 Å². The summed E-state index contributed by atoms with van der Waals surface area (Å²) in [5.41, 5.74) is 0. The molecule has 0 spiro atoms. The highest BCUT2D eigenvalue weighted by Gasteiger charge is 2.19. The van der Waals surface area contributed by atoms with E-state index in [1.54, 1.807) is 0 Å². The van der Waals surface area contributed by atoms with Crippen LogP contribution in [0.5, 0.6) is 0 Å². The third-order valence-corrected chi connectivity index (χ3v) is 14.6. The number of allylic oxidation sites excluding steroid dienone is 22. The second-order valence-corrected chi connectivity index (χ2v) is 22.7. The van der Waals surface area contributed by atoms with Crippen LogP contribution in [0.1, 0.15) is 316 Å². The number of carbonyl (C=O) groups excluding carboxylic acids is 3. The summed E-state index contributed by atoms with van der Waals surface area (Å²) >= 11 is 0. The molecule has 0 heterocycles. The van der Waals surface area contributed by atoms with Gasteiger partial charge in [-0.2, -0.15) is 0 Å². The van der Waals surface area contributed by atoms with Gasteiger partial charge in [-0.3, -0.25) is 14.4 Å². The van der Waals surface area contributed by atoms with Crippen LogP contribution in [0.2, 0.25) is 0 Å². The molecule has 0 aliphatic rings. The highest BCUT2D eigenvalue weighted by atomic mass is 16.6. The molecule has 1 unspecified atom stereocenters. The summed E-state index contributed by atoms with van der Waals surface area (Å²) in [6.45, 7) is 6.41. The van der Waals surface area contributed by atoms with Gasteiger partial charge in [0.25, 0.3) is 0 Å². The molecule has 0 aliphatic carbocycles. The lowest BCUT2D eigenvalue weighted by atomic mass is 10.1. The number of carbonyl (C=O) groups is 3. The van der Waals surface area contributed by atoms with Gasteiger partial charge < -0.3 is 14.2 Å². The van der Waals surface area contributed by atoms with E-state index < -0.39 is 6.10 Å². The van der Waals surface area contributed by atoms with Crippen LogP contribution in [-0.4, -0.2) is 37.2 Å². The van der Waals surface area contributed by atoms with Crippen molar-refractivity contribution in [3.05, 3.63) is 134 Å². The average Bonchev–Trinajstić information content (AvgIpc) is 3.50. The molecular weight excluding hydrogens is 1020 g/mol. The Morgan fingerprint density at radius 1 is 0.253 bits per heavy atom. The van der Waals surface area contributed by atoms with Gasteiger partial charge in [-0.05, 0) is 135 Å². The van der Waals surface area contributed by atoms with Gasteiger partial charge in [0.2, 0.25) is 0 Å². The first kappa shape index (κ1) is 78.5. The van der Waals surface area contributed by atoms with Crippen molar-refractivity contribution >= 4 is 17.9 Å². The number of rotatable bonds is 62. The standard InChI is InChI=1S/C77H128O6/c1-4-7-10-13-16-19-22-25-28-31-34-36-37-38-39-41-43-46-49-52-55-58-61-64-67-70-76(79)82-73-74(72-81-75(78)69-66-63-60-57-54-51-48-45-42-33-30-27-24-21-18-15-12-9-6-3)83-77(80)71-68-65-62-59-56-53-50-47-44-40-35-32-29-26-23-20-17-14-11-8-5-2/h7,9-10,12,16,18-19,21,25,27-28,30,32,34-36,38-39,42-43,45-46,74H,4-6,8,11,13-15,17,20,22-24,26,29,31,33,37,40-41,44,47-73H2,1-3H3/b10-7-,12-9-,19-16-,21-18-,28-25-,30-27-,35-32-,36-34-,39-38-,45-42-,46-43-. The quantitative estimate of drug-likeness (QED) is 0.0261. The molecule has 0 aromatic rings. The van der Waals surface area contributed by atoms with Crippen LogP contribution in [0.4, 0.5) is 0 Å². The van der Waals surface area contributed by atoms with Crippen LogP contribution in [0.25, 0.3) is 0 Å². The molecule has 0 rings (SSSR count). The lowest BCUT2D eigenvalue weighted by Gasteiger charge is -2.18. The van der Waals surface area contributed by atoms with E-state index in [9.17, 15) is 14.4 Å². The SMILES string of the molecule is CC/C=C\C/C=C\C/C=C\C/C=C\C/C=C\C/C=C\CCCCCCCCC(=O)OCC(COC(=O)CCCCCCCC/C=C\C/C=C\C/C=C\C/C=C\CC)OC(=O)CCCCCCCCCCC/C=C\CCCCCCCCCC. The molecule has 0 saturated carbocycles. The first-order valence-corrected chi connectivity index (χ1v) is 34.7. The van der Waals surface area contributed by atoms with Crippen molar-refractivity contribution in [1.29, 1.82) is 0 Å². The van der Waals surface area contributed by atoms with Crippen molar-refractivity contribution in [2.45, 2.75) is 322 Å². The third kappa shape index (κ3) is 68.2. The van der Waals surface area contributed by atoms with Gasteiger partial charge in [0.05, 0.1) is 0 Å². The highest BCUT2D eigenvalue weighted by Crippen LogP contribution is 2.16. The fraction of sp³-hybridized carbons (Fsp3) is 0.675. The van der Waals surface area contributed by atoms with Crippen molar-refractivity contribution in [1.82, 2.24) is 0 Å². The maximum absolute atomic E-state index is 13.0. The molecule has 472 valence electrons. The summed E-state index contributed by atoms with van der Waals surface area (Å²) in [6.07, 6.45) is 98.9. The highest BCUT2D eigenvalue weighted by molar-refractivity contribution is 5.71. The van der Waals surface area contributed by atoms with E-state index in [0.717, 1.165) is 148 Å². The van der Waals surface area contributed by atoms with Crippen LogP contribution in [-0.2, 0) is 28.6 Å². The van der Waals surface area contributed by atoms with Crippen LogP contribution in [0.3, 0.4) is 0 Å². The van der Waals surface area contributed by atoms with Crippen molar-refractivity contribution in [2.75, 3.05) is 13.2 Å². The molecule has 0 fully saturated rings. The summed E-state index contributed by atoms with van der Waals surface area (Å²) in [7, 11) is 0. The van der Waals surface area contributed by atoms with Gasteiger partial charge in [0.15, 0.2) is 6.10 Å². The van der Waals surface area contributed by atoms with E-state index in [0.29, 0.717) is 19.3 Å². The van der Waals surface area contributed by atoms with E-state index in [-0.39, 0.29) is 31.1 Å². The summed E-state index contributed by atoms with van der Waals surface area (Å²) in [4.78, 5) is 38.5. The maximum Gasteiger partial charge on any atom is 0.306 e. The fourth-order valence-corrected chi connectivity index (χ4v) is 9.49. The zero-order chi connectivity index (χ0) is 59.9. The molecule has 83 heavy (non-hydrogen) atoms. The Morgan fingerprint density at radius 3 is 0.747 bits per heavy atom. The zero-order valence-electron chi connectivity index (χ0n) is 54.2. The number of hydrogen-bond acceptors (Lipinski definition) is 6. The molecule has 0 amide bonds. The van der Waals surface area contributed by atoms with Crippen LogP contribution in [0.15, 0.2) is 134 Å². The summed E-state index contributed by atoms with van der Waals surface area (Å²) < 4.78 is 17.0. The van der Waals surface area contributed by atoms with Gasteiger partial charge in [-0.25, -0.2) is 0 Å². The number of unbranched alkanes of at least 4 members (excludes halogenated alkanes) is 29. The van der Waals surface area contributed by atoms with Gasteiger partial charge in [0.1, 0.15) is 13.2 Å². The van der Waals surface area contributed by atoms with E-state index >= 15 is 0 Å². The van der Waals surface area contributed by atoms with E-state index in [1.807, 2.05) is 0 Å². The van der Waals surface area contributed by atoms with Crippen molar-refractivity contribution in [3.63, 3.8) is 0 Å². The number of ether oxygens (including phenoxy) is 3.